The van der Waals surface area contributed by atoms with Gasteiger partial charge >= 0.3 is 0 Å². The molecule has 5 rings (SSSR count). The second-order valence-electron chi connectivity index (χ2n) is 9.07. The first-order chi connectivity index (χ1) is 14.8. The molecule has 2 aromatic rings. The van der Waals surface area contributed by atoms with Gasteiger partial charge in [0.05, 0.1) is 18.2 Å². The minimum absolute atomic E-state index is 0.152. The van der Waals surface area contributed by atoms with Gasteiger partial charge in [-0.2, -0.15) is 0 Å². The Balaban J connectivity index is 1.63. The molecule has 4 heterocycles. The first-order valence-electron chi connectivity index (χ1n) is 10.7. The average Bonchev–Trinajstić information content (AvgIpc) is 3.43. The van der Waals surface area contributed by atoms with Gasteiger partial charge < -0.3 is 20.1 Å². The van der Waals surface area contributed by atoms with E-state index in [0.717, 1.165) is 23.5 Å². The van der Waals surface area contributed by atoms with Crippen LogP contribution in [0.2, 0.25) is 0 Å². The Bertz CT molecular complexity index is 1130. The van der Waals surface area contributed by atoms with Gasteiger partial charge in [-0.25, -0.2) is 4.98 Å². The summed E-state index contributed by atoms with van der Waals surface area (Å²) >= 11 is 0. The van der Waals surface area contributed by atoms with Gasteiger partial charge in [-0.05, 0) is 36.5 Å². The summed E-state index contributed by atoms with van der Waals surface area (Å²) in [6.07, 6.45) is 7.28. The van der Waals surface area contributed by atoms with E-state index in [1.807, 2.05) is 35.8 Å². The number of aromatic nitrogens is 2. The summed E-state index contributed by atoms with van der Waals surface area (Å²) in [5.41, 5.74) is 2.40. The SMILES string of the molecule is C=CC(C)(C)C12CC3C(=O)NC(=Cc4cncn4CC)C(=O)N3C1Nc1ccccc12. The van der Waals surface area contributed by atoms with Gasteiger partial charge in [0.1, 0.15) is 17.9 Å². The molecule has 2 saturated heterocycles. The van der Waals surface area contributed by atoms with E-state index in [4.69, 9.17) is 0 Å². The molecular weight excluding hydrogens is 390 g/mol. The number of imidazole rings is 1. The molecule has 0 bridgehead atoms. The van der Waals surface area contributed by atoms with Crippen LogP contribution in [0.1, 0.15) is 38.4 Å². The summed E-state index contributed by atoms with van der Waals surface area (Å²) in [5.74, 6) is -0.332. The van der Waals surface area contributed by atoms with Gasteiger partial charge in [0.25, 0.3) is 5.91 Å². The highest BCUT2D eigenvalue weighted by Gasteiger charge is 2.66. The third kappa shape index (κ3) is 2.49. The van der Waals surface area contributed by atoms with Crippen LogP contribution in [0, 0.1) is 5.41 Å². The molecule has 0 aliphatic carbocycles. The molecule has 1 aromatic heterocycles. The monoisotopic (exact) mass is 417 g/mol. The molecule has 2 N–H and O–H groups in total. The van der Waals surface area contributed by atoms with Gasteiger partial charge in [0.15, 0.2) is 0 Å². The first kappa shape index (κ1) is 19.6. The van der Waals surface area contributed by atoms with Crippen LogP contribution in [0.15, 0.2) is 55.1 Å². The number of hydrogen-bond donors (Lipinski definition) is 2. The predicted molar refractivity (Wildman–Crippen MR) is 119 cm³/mol. The number of aryl methyl sites for hydroxylation is 1. The van der Waals surface area contributed by atoms with E-state index in [2.05, 4.69) is 42.1 Å². The van der Waals surface area contributed by atoms with Gasteiger partial charge in [-0.1, -0.05) is 38.1 Å². The van der Waals surface area contributed by atoms with Gasteiger partial charge in [-0.3, -0.25) is 9.59 Å². The topological polar surface area (TPSA) is 79.3 Å². The van der Waals surface area contributed by atoms with Gasteiger partial charge in [-0.15, -0.1) is 6.58 Å². The lowest BCUT2D eigenvalue weighted by atomic mass is 9.60. The predicted octanol–water partition coefficient (Wildman–Crippen LogP) is 2.88. The van der Waals surface area contributed by atoms with Crippen molar-refractivity contribution in [2.24, 2.45) is 5.41 Å². The van der Waals surface area contributed by atoms with Crippen molar-refractivity contribution in [3.8, 4) is 0 Å². The van der Waals surface area contributed by atoms with E-state index < -0.39 is 11.5 Å². The van der Waals surface area contributed by atoms with Crippen molar-refractivity contribution < 1.29 is 9.59 Å². The number of benzene rings is 1. The van der Waals surface area contributed by atoms with Crippen molar-refractivity contribution in [3.63, 3.8) is 0 Å². The van der Waals surface area contributed by atoms with Gasteiger partial charge in [0.2, 0.25) is 5.91 Å². The highest BCUT2D eigenvalue weighted by molar-refractivity contribution is 6.08. The Labute approximate surface area is 181 Å². The number of hydrogen-bond acceptors (Lipinski definition) is 4. The normalized spacial score (nSPS) is 28.1. The molecule has 7 heteroatoms. The fourth-order valence-electron chi connectivity index (χ4n) is 5.52. The average molecular weight is 418 g/mol. The molecule has 2 amide bonds. The Morgan fingerprint density at radius 1 is 1.32 bits per heavy atom. The number of nitrogens with one attached hydrogen (secondary N) is 2. The number of carbonyl (C=O) groups is 2. The number of anilines is 1. The molecule has 0 spiro atoms. The fraction of sp³-hybridized carbons (Fsp3) is 0.375. The summed E-state index contributed by atoms with van der Waals surface area (Å²) < 4.78 is 1.93. The lowest BCUT2D eigenvalue weighted by molar-refractivity contribution is -0.141. The summed E-state index contributed by atoms with van der Waals surface area (Å²) in [5, 5.41) is 6.43. The smallest absolute Gasteiger partial charge is 0.272 e. The Kier molecular flexibility index (Phi) is 4.16. The zero-order valence-corrected chi connectivity index (χ0v) is 18.1. The zero-order chi connectivity index (χ0) is 22.0. The van der Waals surface area contributed by atoms with Crippen molar-refractivity contribution in [1.29, 1.82) is 0 Å². The summed E-state index contributed by atoms with van der Waals surface area (Å²) in [7, 11) is 0. The molecule has 0 saturated carbocycles. The fourth-order valence-corrected chi connectivity index (χ4v) is 5.52. The second kappa shape index (κ2) is 6.57. The van der Waals surface area contributed by atoms with Crippen LogP contribution >= 0.6 is 0 Å². The van der Waals surface area contributed by atoms with Crippen LogP contribution in [0.25, 0.3) is 6.08 Å². The van der Waals surface area contributed by atoms with Crippen LogP contribution < -0.4 is 10.6 Å². The van der Waals surface area contributed by atoms with Crippen LogP contribution in [-0.2, 0) is 21.5 Å². The van der Waals surface area contributed by atoms with E-state index in [0.29, 0.717) is 6.42 Å². The van der Waals surface area contributed by atoms with Crippen molar-refractivity contribution in [1.82, 2.24) is 19.8 Å². The Morgan fingerprint density at radius 2 is 2.10 bits per heavy atom. The standard InChI is InChI=1S/C24H27N5O2/c1-5-23(3,4)24-12-19-20(30)26-18(11-15-13-25-14-28(15)6-2)21(31)29(19)22(24)27-17-10-8-7-9-16(17)24/h5,7-11,13-14,19,22,27H,1,6,12H2,2-4H3,(H,26,30). The molecule has 3 unspecified atom stereocenters. The highest BCUT2D eigenvalue weighted by Crippen LogP contribution is 2.60. The molecule has 31 heavy (non-hydrogen) atoms. The van der Waals surface area contributed by atoms with Crippen LogP contribution in [0.3, 0.4) is 0 Å². The van der Waals surface area contributed by atoms with E-state index in [-0.39, 0.29) is 29.1 Å². The van der Waals surface area contributed by atoms with Crippen LogP contribution in [0.4, 0.5) is 5.69 Å². The largest absolute Gasteiger partial charge is 0.364 e. The number of piperazine rings is 1. The Morgan fingerprint density at radius 3 is 2.84 bits per heavy atom. The molecule has 3 aliphatic heterocycles. The third-order valence-electron chi connectivity index (χ3n) is 7.36. The molecule has 1 aromatic carbocycles. The third-order valence-corrected chi connectivity index (χ3v) is 7.36. The summed E-state index contributed by atoms with van der Waals surface area (Å²) in [4.78, 5) is 32.8. The number of allylic oxidation sites excluding steroid dienone is 1. The van der Waals surface area contributed by atoms with E-state index in [9.17, 15) is 9.59 Å². The van der Waals surface area contributed by atoms with Gasteiger partial charge in [0, 0.05) is 17.6 Å². The number of rotatable bonds is 4. The molecule has 2 fully saturated rings. The maximum Gasteiger partial charge on any atom is 0.272 e. The van der Waals surface area contributed by atoms with E-state index in [1.165, 1.54) is 0 Å². The summed E-state index contributed by atoms with van der Waals surface area (Å²) in [6.45, 7) is 11.1. The maximum absolute atomic E-state index is 13.7. The number of amides is 2. The molecular formula is C24H27N5O2. The quantitative estimate of drug-likeness (QED) is 0.592. The minimum atomic E-state index is -0.536. The Hall–Kier alpha value is -3.35. The number of para-hydroxylation sites is 1. The van der Waals surface area contributed by atoms with E-state index >= 15 is 0 Å². The van der Waals surface area contributed by atoms with Crippen molar-refractivity contribution in [3.05, 3.63) is 66.4 Å². The molecule has 160 valence electrons. The molecule has 0 radical (unpaired) electrons. The number of fused-ring (bicyclic) bond motifs is 5. The van der Waals surface area contributed by atoms with Crippen LogP contribution in [-0.4, -0.2) is 38.5 Å². The first-order valence-corrected chi connectivity index (χ1v) is 10.7. The highest BCUT2D eigenvalue weighted by atomic mass is 16.2. The number of nitrogens with zero attached hydrogens (tertiary/aromatic N) is 3. The van der Waals surface area contributed by atoms with Crippen LogP contribution in [0.5, 0.6) is 0 Å². The minimum Gasteiger partial charge on any atom is -0.364 e. The zero-order valence-electron chi connectivity index (χ0n) is 18.1. The molecule has 3 atom stereocenters. The maximum atomic E-state index is 13.7. The van der Waals surface area contributed by atoms with Crippen molar-refractivity contribution in [2.75, 3.05) is 5.32 Å². The number of carbonyl (C=O) groups excluding carboxylic acids is 2. The van der Waals surface area contributed by atoms with Crippen molar-refractivity contribution >= 4 is 23.6 Å². The second-order valence-corrected chi connectivity index (χ2v) is 9.07. The van der Waals surface area contributed by atoms with E-state index in [1.54, 1.807) is 23.5 Å². The summed E-state index contributed by atoms with van der Waals surface area (Å²) in [6, 6.07) is 7.60. The molecule has 7 nitrogen and oxygen atoms in total. The lowest BCUT2D eigenvalue weighted by Crippen LogP contribution is -2.59. The molecule has 3 aliphatic rings. The van der Waals surface area contributed by atoms with Crippen molar-refractivity contribution in [2.45, 2.75) is 51.4 Å². The lowest BCUT2D eigenvalue weighted by Gasteiger charge is -2.43.